The normalized spacial score (nSPS) is 10.9. The van der Waals surface area contributed by atoms with Crippen molar-refractivity contribution in [1.82, 2.24) is 9.38 Å². The number of thioether (sulfide) groups is 1. The van der Waals surface area contributed by atoms with E-state index in [9.17, 15) is 4.79 Å². The van der Waals surface area contributed by atoms with Crippen LogP contribution in [0.15, 0.2) is 114 Å². The maximum atomic E-state index is 12.9. The Morgan fingerprint density at radius 1 is 0.844 bits per heavy atom. The minimum absolute atomic E-state index is 0.120. The second kappa shape index (κ2) is 9.12. The van der Waals surface area contributed by atoms with Crippen molar-refractivity contribution in [2.24, 2.45) is 0 Å². The molecule has 2 heterocycles. The number of carbonyl (C=O) groups is 1. The minimum atomic E-state index is -0.120. The Morgan fingerprint density at radius 2 is 1.59 bits per heavy atom. The van der Waals surface area contributed by atoms with E-state index in [4.69, 9.17) is 0 Å². The molecule has 0 aliphatic carbocycles. The van der Waals surface area contributed by atoms with Crippen molar-refractivity contribution in [1.29, 1.82) is 0 Å². The Hall–Kier alpha value is -3.83. The summed E-state index contributed by atoms with van der Waals surface area (Å²) in [7, 11) is 0. The molecule has 5 aromatic rings. The Kier molecular flexibility index (Phi) is 5.73. The number of para-hydroxylation sites is 1. The van der Waals surface area contributed by atoms with Crippen molar-refractivity contribution in [3.05, 3.63) is 121 Å². The van der Waals surface area contributed by atoms with E-state index in [-0.39, 0.29) is 5.91 Å². The van der Waals surface area contributed by atoms with Gasteiger partial charge in [0.25, 0.3) is 5.91 Å². The third-order valence-corrected chi connectivity index (χ3v) is 6.22. The number of benzene rings is 3. The summed E-state index contributed by atoms with van der Waals surface area (Å²) in [6, 6.07) is 31.6. The Labute approximate surface area is 191 Å². The predicted octanol–water partition coefficient (Wildman–Crippen LogP) is 6.55. The smallest absolute Gasteiger partial charge is 0.255 e. The van der Waals surface area contributed by atoms with Gasteiger partial charge in [0.05, 0.1) is 5.69 Å². The number of pyridine rings is 1. The summed E-state index contributed by atoms with van der Waals surface area (Å²) < 4.78 is 2.02. The Balaban J connectivity index is 1.26. The predicted molar refractivity (Wildman–Crippen MR) is 131 cm³/mol. The SMILES string of the molecule is O=C(Nc1ccccc1-c1ccccc1)c1ccc(SCc2cn3ccccc3n2)cc1. The van der Waals surface area contributed by atoms with Crippen LogP contribution in [0.5, 0.6) is 0 Å². The summed E-state index contributed by atoms with van der Waals surface area (Å²) in [5, 5.41) is 3.06. The Bertz CT molecular complexity index is 1330. The van der Waals surface area contributed by atoms with Crippen LogP contribution in [0.25, 0.3) is 16.8 Å². The molecule has 0 atom stereocenters. The number of hydrogen-bond acceptors (Lipinski definition) is 3. The molecule has 2 aromatic heterocycles. The van der Waals surface area contributed by atoms with Gasteiger partial charge in [-0.2, -0.15) is 0 Å². The number of nitrogens with one attached hydrogen (secondary N) is 1. The summed E-state index contributed by atoms with van der Waals surface area (Å²) in [5.41, 5.74) is 5.48. The molecule has 5 heteroatoms. The van der Waals surface area contributed by atoms with Crippen molar-refractivity contribution in [2.45, 2.75) is 10.6 Å². The summed E-state index contributed by atoms with van der Waals surface area (Å²) >= 11 is 1.71. The molecule has 0 saturated carbocycles. The topological polar surface area (TPSA) is 46.4 Å². The highest BCUT2D eigenvalue weighted by Gasteiger charge is 2.10. The van der Waals surface area contributed by atoms with Gasteiger partial charge in [-0.25, -0.2) is 4.98 Å². The van der Waals surface area contributed by atoms with Crippen molar-refractivity contribution in [3.8, 4) is 11.1 Å². The van der Waals surface area contributed by atoms with E-state index in [0.717, 1.165) is 38.8 Å². The zero-order valence-electron chi connectivity index (χ0n) is 17.3. The van der Waals surface area contributed by atoms with Gasteiger partial charge in [0.1, 0.15) is 5.65 Å². The van der Waals surface area contributed by atoms with Crippen LogP contribution in [-0.4, -0.2) is 15.3 Å². The molecule has 5 rings (SSSR count). The van der Waals surface area contributed by atoms with Gasteiger partial charge < -0.3 is 9.72 Å². The second-order valence-electron chi connectivity index (χ2n) is 7.38. The molecule has 0 bridgehead atoms. The maximum absolute atomic E-state index is 12.9. The molecular formula is C27H21N3OS. The van der Waals surface area contributed by atoms with Crippen LogP contribution in [0.4, 0.5) is 5.69 Å². The molecule has 0 unspecified atom stereocenters. The number of nitrogens with zero attached hydrogens (tertiary/aromatic N) is 2. The average Bonchev–Trinajstić information content (AvgIpc) is 3.27. The quantitative estimate of drug-likeness (QED) is 0.308. The standard InChI is InChI=1S/C27H21N3OS/c31-27(29-25-11-5-4-10-24(25)20-8-2-1-3-9-20)21-13-15-23(16-14-21)32-19-22-18-30-17-7-6-12-26(30)28-22/h1-18H,19H2,(H,29,31). The summed E-state index contributed by atoms with van der Waals surface area (Å²) in [5.74, 6) is 0.655. The van der Waals surface area contributed by atoms with Gasteiger partial charge in [-0.3, -0.25) is 4.79 Å². The van der Waals surface area contributed by atoms with Gasteiger partial charge in [-0.1, -0.05) is 54.6 Å². The summed E-state index contributed by atoms with van der Waals surface area (Å²) in [6.45, 7) is 0. The lowest BCUT2D eigenvalue weighted by Gasteiger charge is -2.11. The molecule has 1 amide bonds. The number of imidazole rings is 1. The highest BCUT2D eigenvalue weighted by Crippen LogP contribution is 2.28. The van der Waals surface area contributed by atoms with Crippen LogP contribution in [0.3, 0.4) is 0 Å². The molecule has 0 saturated heterocycles. The fraction of sp³-hybridized carbons (Fsp3) is 0.0370. The van der Waals surface area contributed by atoms with E-state index in [2.05, 4.69) is 10.3 Å². The molecule has 1 N–H and O–H groups in total. The number of anilines is 1. The van der Waals surface area contributed by atoms with Gasteiger partial charge in [0.2, 0.25) is 0 Å². The van der Waals surface area contributed by atoms with Crippen LogP contribution >= 0.6 is 11.8 Å². The van der Waals surface area contributed by atoms with Crippen molar-refractivity contribution in [3.63, 3.8) is 0 Å². The molecule has 32 heavy (non-hydrogen) atoms. The largest absolute Gasteiger partial charge is 0.321 e. The third kappa shape index (κ3) is 4.43. The number of amides is 1. The van der Waals surface area contributed by atoms with Crippen LogP contribution in [0, 0.1) is 0 Å². The lowest BCUT2D eigenvalue weighted by atomic mass is 10.0. The first-order chi connectivity index (χ1) is 15.8. The monoisotopic (exact) mass is 435 g/mol. The number of fused-ring (bicyclic) bond motifs is 1. The van der Waals surface area contributed by atoms with Gasteiger partial charge in [-0.15, -0.1) is 11.8 Å². The first-order valence-corrected chi connectivity index (χ1v) is 11.4. The van der Waals surface area contributed by atoms with Crippen molar-refractivity contribution < 1.29 is 4.79 Å². The van der Waals surface area contributed by atoms with Crippen LogP contribution < -0.4 is 5.32 Å². The molecule has 0 fully saturated rings. The lowest BCUT2D eigenvalue weighted by Crippen LogP contribution is -2.12. The molecule has 0 spiro atoms. The summed E-state index contributed by atoms with van der Waals surface area (Å²) in [4.78, 5) is 18.6. The Morgan fingerprint density at radius 3 is 2.41 bits per heavy atom. The molecule has 3 aromatic carbocycles. The van der Waals surface area contributed by atoms with Gasteiger partial charge in [-0.05, 0) is 48.0 Å². The van der Waals surface area contributed by atoms with Crippen molar-refractivity contribution in [2.75, 3.05) is 5.32 Å². The second-order valence-corrected chi connectivity index (χ2v) is 8.43. The maximum Gasteiger partial charge on any atom is 0.255 e. The average molecular weight is 436 g/mol. The molecule has 0 radical (unpaired) electrons. The van der Waals surface area contributed by atoms with E-state index in [0.29, 0.717) is 5.56 Å². The van der Waals surface area contributed by atoms with E-state index >= 15 is 0 Å². The molecule has 0 aliphatic rings. The fourth-order valence-corrected chi connectivity index (χ4v) is 4.35. The van der Waals surface area contributed by atoms with E-state index < -0.39 is 0 Å². The highest BCUT2D eigenvalue weighted by atomic mass is 32.2. The zero-order chi connectivity index (χ0) is 21.8. The number of rotatable bonds is 6. The van der Waals surface area contributed by atoms with Crippen LogP contribution in [0.1, 0.15) is 16.1 Å². The van der Waals surface area contributed by atoms with E-state index in [1.165, 1.54) is 0 Å². The first kappa shape index (κ1) is 20.1. The van der Waals surface area contributed by atoms with Gasteiger partial charge in [0.15, 0.2) is 0 Å². The number of hydrogen-bond donors (Lipinski definition) is 1. The number of carbonyl (C=O) groups excluding carboxylic acids is 1. The van der Waals surface area contributed by atoms with Crippen molar-refractivity contribution >= 4 is 29.0 Å². The third-order valence-electron chi connectivity index (χ3n) is 5.18. The fourth-order valence-electron chi connectivity index (χ4n) is 3.57. The van der Waals surface area contributed by atoms with E-state index in [1.807, 2.05) is 114 Å². The highest BCUT2D eigenvalue weighted by molar-refractivity contribution is 7.98. The molecular weight excluding hydrogens is 414 g/mol. The molecule has 156 valence electrons. The zero-order valence-corrected chi connectivity index (χ0v) is 18.1. The van der Waals surface area contributed by atoms with Crippen LogP contribution in [-0.2, 0) is 5.75 Å². The first-order valence-electron chi connectivity index (χ1n) is 10.4. The van der Waals surface area contributed by atoms with E-state index in [1.54, 1.807) is 11.8 Å². The van der Waals surface area contributed by atoms with Crippen LogP contribution in [0.2, 0.25) is 0 Å². The summed E-state index contributed by atoms with van der Waals surface area (Å²) in [6.07, 6.45) is 4.05. The molecule has 0 aliphatic heterocycles. The lowest BCUT2D eigenvalue weighted by molar-refractivity contribution is 0.102. The molecule has 4 nitrogen and oxygen atoms in total. The van der Waals surface area contributed by atoms with Gasteiger partial charge in [0, 0.05) is 39.9 Å². The minimum Gasteiger partial charge on any atom is -0.321 e. The van der Waals surface area contributed by atoms with Gasteiger partial charge >= 0.3 is 0 Å². The number of aromatic nitrogens is 2.